The van der Waals surface area contributed by atoms with E-state index in [0.29, 0.717) is 12.0 Å². The number of hydrogen-bond donors (Lipinski definition) is 2. The van der Waals surface area contributed by atoms with Gasteiger partial charge in [-0.15, -0.1) is 0 Å². The predicted octanol–water partition coefficient (Wildman–Crippen LogP) is 2.50. The third kappa shape index (κ3) is 3.56. The van der Waals surface area contributed by atoms with Gasteiger partial charge < -0.3 is 15.2 Å². The quantitative estimate of drug-likeness (QED) is 0.836. The normalized spacial score (nSPS) is 23.1. The molecule has 2 N–H and O–H groups in total. The first-order chi connectivity index (χ1) is 10.3. The lowest BCUT2D eigenvalue weighted by Gasteiger charge is -2.26. The molecule has 0 spiro atoms. The minimum Gasteiger partial charge on any atom is -0.350 e. The first-order valence-corrected chi connectivity index (χ1v) is 8.15. The van der Waals surface area contributed by atoms with E-state index in [1.165, 1.54) is 6.42 Å². The molecule has 1 saturated heterocycles. The Morgan fingerprint density at radius 3 is 2.90 bits per heavy atom. The van der Waals surface area contributed by atoms with Crippen molar-refractivity contribution in [1.29, 1.82) is 0 Å². The minimum absolute atomic E-state index is 0.0769. The van der Waals surface area contributed by atoms with Crippen molar-refractivity contribution in [2.45, 2.75) is 38.1 Å². The third-order valence-corrected chi connectivity index (χ3v) is 4.64. The minimum atomic E-state index is 0.0769. The monoisotopic (exact) mass is 287 g/mol. The molecule has 1 amide bonds. The highest BCUT2D eigenvalue weighted by Gasteiger charge is 2.20. The second-order valence-corrected chi connectivity index (χ2v) is 6.14. The van der Waals surface area contributed by atoms with Crippen molar-refractivity contribution >= 4 is 5.91 Å². The summed E-state index contributed by atoms with van der Waals surface area (Å²) in [5.74, 6) is 0.675. The summed E-state index contributed by atoms with van der Waals surface area (Å²) in [5, 5.41) is 6.50. The highest BCUT2D eigenvalue weighted by atomic mass is 16.1. The van der Waals surface area contributed by atoms with Gasteiger partial charge >= 0.3 is 0 Å². The van der Waals surface area contributed by atoms with Crippen LogP contribution in [0.25, 0.3) is 0 Å². The molecule has 114 valence electrons. The maximum atomic E-state index is 12.4. The van der Waals surface area contributed by atoms with Gasteiger partial charge in [0.15, 0.2) is 0 Å². The largest absolute Gasteiger partial charge is 0.350 e. The van der Waals surface area contributed by atoms with Gasteiger partial charge in [0.25, 0.3) is 5.91 Å². The lowest BCUT2D eigenvalue weighted by molar-refractivity contribution is 0.0933. The van der Waals surface area contributed by atoms with E-state index in [1.807, 2.05) is 18.3 Å². The summed E-state index contributed by atoms with van der Waals surface area (Å²) in [6.07, 6.45) is 12.1. The Morgan fingerprint density at radius 2 is 2.14 bits per heavy atom. The van der Waals surface area contributed by atoms with Gasteiger partial charge in [0.05, 0.1) is 0 Å². The van der Waals surface area contributed by atoms with Crippen LogP contribution >= 0.6 is 0 Å². The van der Waals surface area contributed by atoms with Crippen LogP contribution in [0.4, 0.5) is 0 Å². The van der Waals surface area contributed by atoms with E-state index < -0.39 is 0 Å². The summed E-state index contributed by atoms with van der Waals surface area (Å²) in [6, 6.07) is 4.39. The number of piperidine rings is 1. The number of nitrogens with one attached hydrogen (secondary N) is 2. The van der Waals surface area contributed by atoms with E-state index in [1.54, 1.807) is 0 Å². The van der Waals surface area contributed by atoms with Crippen molar-refractivity contribution in [2.75, 3.05) is 19.6 Å². The predicted molar refractivity (Wildman–Crippen MR) is 84.4 cm³/mol. The van der Waals surface area contributed by atoms with Gasteiger partial charge in [0, 0.05) is 18.8 Å². The van der Waals surface area contributed by atoms with Gasteiger partial charge in [0.2, 0.25) is 0 Å². The van der Waals surface area contributed by atoms with Gasteiger partial charge in [-0.2, -0.15) is 0 Å². The first-order valence-electron chi connectivity index (χ1n) is 8.15. The van der Waals surface area contributed by atoms with E-state index in [9.17, 15) is 4.79 Å². The zero-order valence-corrected chi connectivity index (χ0v) is 12.6. The lowest BCUT2D eigenvalue weighted by atomic mass is 9.94. The lowest BCUT2D eigenvalue weighted by Crippen LogP contribution is -2.34. The highest BCUT2D eigenvalue weighted by molar-refractivity contribution is 5.92. The van der Waals surface area contributed by atoms with Crippen LogP contribution in [0.15, 0.2) is 30.5 Å². The van der Waals surface area contributed by atoms with Crippen molar-refractivity contribution in [3.63, 3.8) is 0 Å². The van der Waals surface area contributed by atoms with Crippen LogP contribution in [0.1, 0.15) is 48.6 Å². The molecule has 3 rings (SSSR count). The molecule has 1 fully saturated rings. The number of allylic oxidation sites excluding steroid dienone is 2. The number of rotatable bonds is 4. The molecule has 4 nitrogen and oxygen atoms in total. The van der Waals surface area contributed by atoms with Crippen molar-refractivity contribution in [2.24, 2.45) is 5.92 Å². The third-order valence-electron chi connectivity index (χ3n) is 4.64. The topological polar surface area (TPSA) is 46.1 Å². The Hall–Kier alpha value is -1.55. The van der Waals surface area contributed by atoms with Gasteiger partial charge in [-0.3, -0.25) is 4.79 Å². The van der Waals surface area contributed by atoms with Crippen LogP contribution in [0.3, 0.4) is 0 Å². The maximum Gasteiger partial charge on any atom is 0.267 e. The van der Waals surface area contributed by atoms with E-state index in [-0.39, 0.29) is 5.91 Å². The average molecular weight is 287 g/mol. The molecular formula is C17H25N3O. The highest BCUT2D eigenvalue weighted by Crippen LogP contribution is 2.21. The molecule has 1 aromatic rings. The molecule has 1 atom stereocenters. The number of aromatic nitrogens is 1. The molecule has 0 aromatic carbocycles. The number of hydrogen-bond acceptors (Lipinski definition) is 2. The maximum absolute atomic E-state index is 12.4. The molecule has 21 heavy (non-hydrogen) atoms. The number of nitrogens with zero attached hydrogens (tertiary/aromatic N) is 1. The first kappa shape index (κ1) is 14.4. The van der Waals surface area contributed by atoms with E-state index in [0.717, 1.165) is 51.0 Å². The Labute approximate surface area is 126 Å². The summed E-state index contributed by atoms with van der Waals surface area (Å²) in [5.41, 5.74) is 0.813. The van der Waals surface area contributed by atoms with Crippen molar-refractivity contribution in [1.82, 2.24) is 15.2 Å². The molecule has 2 aliphatic rings. The van der Waals surface area contributed by atoms with E-state index in [2.05, 4.69) is 27.4 Å². The molecular weight excluding hydrogens is 262 g/mol. The van der Waals surface area contributed by atoms with Crippen LogP contribution in [0.5, 0.6) is 0 Å². The standard InChI is InChI=1S/C17H25N3O/c21-17(19-13-14-5-2-1-3-6-14)16-7-4-12-20(16)15-8-10-18-11-9-15/h1-2,4,7,12,14-15,18H,3,5-6,8-11,13H2,(H,19,21). The van der Waals surface area contributed by atoms with E-state index in [4.69, 9.17) is 0 Å². The molecule has 1 aromatic heterocycles. The number of amides is 1. The molecule has 1 unspecified atom stereocenters. The van der Waals surface area contributed by atoms with Gasteiger partial charge in [-0.25, -0.2) is 0 Å². The zero-order chi connectivity index (χ0) is 14.5. The van der Waals surface area contributed by atoms with Crippen LogP contribution < -0.4 is 10.6 Å². The smallest absolute Gasteiger partial charge is 0.267 e. The molecule has 1 aliphatic carbocycles. The van der Waals surface area contributed by atoms with Crippen LogP contribution in [0, 0.1) is 5.92 Å². The average Bonchev–Trinajstić information content (AvgIpc) is 3.04. The molecule has 1 aliphatic heterocycles. The summed E-state index contributed by atoms with van der Waals surface area (Å²) >= 11 is 0. The summed E-state index contributed by atoms with van der Waals surface area (Å²) in [6.45, 7) is 2.87. The van der Waals surface area contributed by atoms with Crippen molar-refractivity contribution in [3.05, 3.63) is 36.2 Å². The zero-order valence-electron chi connectivity index (χ0n) is 12.6. The second kappa shape index (κ2) is 6.94. The molecule has 4 heteroatoms. The van der Waals surface area contributed by atoms with Crippen molar-refractivity contribution in [3.8, 4) is 0 Å². The number of carbonyl (C=O) groups excluding carboxylic acids is 1. The van der Waals surface area contributed by atoms with Crippen LogP contribution in [-0.4, -0.2) is 30.1 Å². The SMILES string of the molecule is O=C(NCC1CC=CCC1)c1cccn1C1CCNCC1. The molecule has 0 bridgehead atoms. The van der Waals surface area contributed by atoms with Crippen molar-refractivity contribution < 1.29 is 4.79 Å². The second-order valence-electron chi connectivity index (χ2n) is 6.14. The summed E-state index contributed by atoms with van der Waals surface area (Å²) < 4.78 is 2.16. The Morgan fingerprint density at radius 1 is 1.29 bits per heavy atom. The van der Waals surface area contributed by atoms with Gasteiger partial charge in [0.1, 0.15) is 5.69 Å². The Kier molecular flexibility index (Phi) is 4.76. The molecule has 2 heterocycles. The fourth-order valence-electron chi connectivity index (χ4n) is 3.36. The van der Waals surface area contributed by atoms with Crippen LogP contribution in [0.2, 0.25) is 0 Å². The van der Waals surface area contributed by atoms with Crippen LogP contribution in [-0.2, 0) is 0 Å². The Bertz CT molecular complexity index is 500. The van der Waals surface area contributed by atoms with Gasteiger partial charge in [-0.05, 0) is 63.2 Å². The summed E-state index contributed by atoms with van der Waals surface area (Å²) in [4.78, 5) is 12.4. The van der Waals surface area contributed by atoms with E-state index >= 15 is 0 Å². The number of carbonyl (C=O) groups is 1. The fourth-order valence-corrected chi connectivity index (χ4v) is 3.36. The molecule has 0 saturated carbocycles. The van der Waals surface area contributed by atoms with Gasteiger partial charge in [-0.1, -0.05) is 12.2 Å². The summed E-state index contributed by atoms with van der Waals surface area (Å²) in [7, 11) is 0. The fraction of sp³-hybridized carbons (Fsp3) is 0.588. The Balaban J connectivity index is 1.59. The molecule has 0 radical (unpaired) electrons.